The van der Waals surface area contributed by atoms with Crippen molar-refractivity contribution in [3.63, 3.8) is 0 Å². The second-order valence-electron chi connectivity index (χ2n) is 5.15. The molecule has 128 valence electrons. The fourth-order valence-corrected chi connectivity index (χ4v) is 2.56. The van der Waals surface area contributed by atoms with Gasteiger partial charge in [-0.15, -0.1) is 0 Å². The van der Waals surface area contributed by atoms with Gasteiger partial charge in [0.15, 0.2) is 0 Å². The maximum absolute atomic E-state index is 13.3. The van der Waals surface area contributed by atoms with E-state index in [1.807, 2.05) is 12.1 Å². The van der Waals surface area contributed by atoms with Gasteiger partial charge in [-0.25, -0.2) is 14.8 Å². The van der Waals surface area contributed by atoms with Crippen molar-refractivity contribution in [1.82, 2.24) is 9.97 Å². The highest BCUT2D eigenvalue weighted by molar-refractivity contribution is 9.10. The van der Waals surface area contributed by atoms with Crippen LogP contribution in [0.15, 0.2) is 62.9 Å². The number of anilines is 1. The summed E-state index contributed by atoms with van der Waals surface area (Å²) in [5.74, 6) is -0.331. The van der Waals surface area contributed by atoms with Crippen LogP contribution < -0.4 is 11.0 Å². The van der Waals surface area contributed by atoms with Crippen molar-refractivity contribution in [2.24, 2.45) is 5.10 Å². The largest absolute Gasteiger partial charge is 0.290 e. The van der Waals surface area contributed by atoms with Crippen molar-refractivity contribution in [3.8, 4) is 17.3 Å². The van der Waals surface area contributed by atoms with E-state index in [9.17, 15) is 14.4 Å². The van der Waals surface area contributed by atoms with Crippen molar-refractivity contribution < 1.29 is 4.39 Å². The predicted octanol–water partition coefficient (Wildman–Crippen LogP) is 3.66. The fourth-order valence-electron chi connectivity index (χ4n) is 2.21. The highest BCUT2D eigenvalue weighted by Gasteiger charge is 2.12. The van der Waals surface area contributed by atoms with Crippen molar-refractivity contribution >= 4 is 28.1 Å². The first-order chi connectivity index (χ1) is 12.6. The number of H-pyrrole nitrogens is 1. The Morgan fingerprint density at radius 2 is 2.04 bits per heavy atom. The lowest BCUT2D eigenvalue weighted by Gasteiger charge is -2.06. The number of aromatic nitrogens is 2. The molecule has 0 spiro atoms. The molecule has 2 N–H and O–H groups in total. The first kappa shape index (κ1) is 17.5. The quantitative estimate of drug-likeness (QED) is 0.505. The molecule has 0 aliphatic heterocycles. The predicted molar refractivity (Wildman–Crippen MR) is 100 cm³/mol. The van der Waals surface area contributed by atoms with Gasteiger partial charge in [-0.3, -0.25) is 9.78 Å². The summed E-state index contributed by atoms with van der Waals surface area (Å²) in [6, 6.07) is 14.9. The summed E-state index contributed by atoms with van der Waals surface area (Å²) in [7, 11) is 0. The lowest BCUT2D eigenvalue weighted by atomic mass is 10.1. The Kier molecular flexibility index (Phi) is 5.20. The highest BCUT2D eigenvalue weighted by atomic mass is 79.9. The molecule has 1 heterocycles. The Balaban J connectivity index is 1.93. The van der Waals surface area contributed by atoms with Crippen LogP contribution in [0, 0.1) is 17.1 Å². The van der Waals surface area contributed by atoms with Crippen molar-refractivity contribution in [1.29, 1.82) is 5.26 Å². The number of hydrazone groups is 1. The Hall–Kier alpha value is -3.31. The number of hydrogen-bond acceptors (Lipinski definition) is 5. The third-order valence-electron chi connectivity index (χ3n) is 3.41. The van der Waals surface area contributed by atoms with Crippen LogP contribution in [-0.2, 0) is 0 Å². The fraction of sp³-hybridized carbons (Fsp3) is 0. The van der Waals surface area contributed by atoms with E-state index >= 15 is 0 Å². The minimum absolute atomic E-state index is 0.0663. The van der Waals surface area contributed by atoms with Crippen LogP contribution in [-0.4, -0.2) is 16.2 Å². The molecular formula is C18H11BrFN5O. The molecule has 0 radical (unpaired) electrons. The number of hydrogen-bond donors (Lipinski definition) is 2. The monoisotopic (exact) mass is 411 g/mol. The van der Waals surface area contributed by atoms with Gasteiger partial charge in [-0.2, -0.15) is 10.4 Å². The molecule has 0 amide bonds. The Morgan fingerprint density at radius 3 is 2.77 bits per heavy atom. The minimum Gasteiger partial charge on any atom is -0.290 e. The van der Waals surface area contributed by atoms with Crippen LogP contribution in [0.5, 0.6) is 0 Å². The summed E-state index contributed by atoms with van der Waals surface area (Å²) >= 11 is 3.29. The topological polar surface area (TPSA) is 93.9 Å². The molecule has 2 aromatic carbocycles. The number of nitrogens with one attached hydrogen (secondary N) is 2. The van der Waals surface area contributed by atoms with E-state index in [0.29, 0.717) is 15.6 Å². The van der Waals surface area contributed by atoms with Crippen molar-refractivity contribution in [3.05, 3.63) is 80.3 Å². The maximum Gasteiger partial charge on any atom is 0.270 e. The Morgan fingerprint density at radius 1 is 1.27 bits per heavy atom. The molecule has 0 bridgehead atoms. The number of nitrogens with zero attached hydrogens (tertiary/aromatic N) is 3. The van der Waals surface area contributed by atoms with Crippen molar-refractivity contribution in [2.45, 2.75) is 0 Å². The second kappa shape index (κ2) is 7.72. The summed E-state index contributed by atoms with van der Waals surface area (Å²) in [5.41, 5.74) is 3.33. The summed E-state index contributed by atoms with van der Waals surface area (Å²) in [6.45, 7) is 0. The van der Waals surface area contributed by atoms with E-state index in [0.717, 1.165) is 0 Å². The highest BCUT2D eigenvalue weighted by Crippen LogP contribution is 2.19. The number of nitriles is 1. The van der Waals surface area contributed by atoms with E-state index < -0.39 is 11.4 Å². The number of rotatable bonds is 4. The lowest BCUT2D eigenvalue weighted by Crippen LogP contribution is -2.16. The van der Waals surface area contributed by atoms with Gasteiger partial charge in [0.1, 0.15) is 17.4 Å². The van der Waals surface area contributed by atoms with Crippen LogP contribution in [0.1, 0.15) is 11.1 Å². The molecule has 0 saturated heterocycles. The van der Waals surface area contributed by atoms with Crippen LogP contribution >= 0.6 is 15.9 Å². The van der Waals surface area contributed by atoms with Gasteiger partial charge in [0, 0.05) is 15.6 Å². The first-order valence-electron chi connectivity index (χ1n) is 7.42. The molecule has 0 atom stereocenters. The normalized spacial score (nSPS) is 10.7. The summed E-state index contributed by atoms with van der Waals surface area (Å²) in [4.78, 5) is 18.8. The molecule has 0 saturated carbocycles. The van der Waals surface area contributed by atoms with E-state index in [1.54, 1.807) is 30.3 Å². The van der Waals surface area contributed by atoms with Crippen molar-refractivity contribution in [2.75, 3.05) is 5.43 Å². The number of halogens is 2. The molecule has 3 rings (SSSR count). The minimum atomic E-state index is -0.578. The molecule has 6 nitrogen and oxygen atoms in total. The molecule has 0 fully saturated rings. The number of aromatic amines is 1. The number of benzene rings is 2. The van der Waals surface area contributed by atoms with Gasteiger partial charge in [0.2, 0.25) is 5.95 Å². The Bertz CT molecular complexity index is 1070. The Labute approximate surface area is 156 Å². The van der Waals surface area contributed by atoms with E-state index in [2.05, 4.69) is 36.4 Å². The van der Waals surface area contributed by atoms with Crippen LogP contribution in [0.3, 0.4) is 0 Å². The van der Waals surface area contributed by atoms with Gasteiger partial charge in [-0.1, -0.05) is 46.3 Å². The van der Waals surface area contributed by atoms with Gasteiger partial charge in [-0.05, 0) is 18.2 Å². The molecule has 26 heavy (non-hydrogen) atoms. The molecule has 8 heteroatoms. The molecule has 1 aromatic heterocycles. The SMILES string of the molecule is N#Cc1c(-c2ccccc2)nc(NN=Cc2cc(F)ccc2Br)[nH]c1=O. The smallest absolute Gasteiger partial charge is 0.270 e. The molecule has 3 aromatic rings. The van der Waals surface area contributed by atoms with Gasteiger partial charge < -0.3 is 0 Å². The van der Waals surface area contributed by atoms with Gasteiger partial charge in [0.25, 0.3) is 5.56 Å². The van der Waals surface area contributed by atoms with Crippen LogP contribution in [0.2, 0.25) is 0 Å². The average molecular weight is 412 g/mol. The maximum atomic E-state index is 13.3. The molecular weight excluding hydrogens is 401 g/mol. The standard InChI is InChI=1S/C18H11BrFN5O/c19-15-7-6-13(20)8-12(15)10-22-25-18-23-16(11-4-2-1-3-5-11)14(9-21)17(26)24-18/h1-8,10H,(H2,23,24,25,26). The zero-order chi connectivity index (χ0) is 18.5. The first-order valence-corrected chi connectivity index (χ1v) is 8.22. The van der Waals surface area contributed by atoms with E-state index in [4.69, 9.17) is 0 Å². The molecule has 0 aliphatic rings. The lowest BCUT2D eigenvalue weighted by molar-refractivity contribution is 0.627. The second-order valence-corrected chi connectivity index (χ2v) is 6.01. The zero-order valence-electron chi connectivity index (χ0n) is 13.2. The van der Waals surface area contributed by atoms with Gasteiger partial charge in [0.05, 0.1) is 11.9 Å². The van der Waals surface area contributed by atoms with E-state index in [-0.39, 0.29) is 17.2 Å². The summed E-state index contributed by atoms with van der Waals surface area (Å²) in [6.07, 6.45) is 1.38. The third-order valence-corrected chi connectivity index (χ3v) is 4.13. The van der Waals surface area contributed by atoms with Crippen LogP contribution in [0.25, 0.3) is 11.3 Å². The zero-order valence-corrected chi connectivity index (χ0v) is 14.8. The molecule has 0 aliphatic carbocycles. The summed E-state index contributed by atoms with van der Waals surface area (Å²) in [5, 5.41) is 13.2. The summed E-state index contributed by atoms with van der Waals surface area (Å²) < 4.78 is 13.9. The van der Waals surface area contributed by atoms with E-state index in [1.165, 1.54) is 18.3 Å². The van der Waals surface area contributed by atoms with Crippen LogP contribution in [0.4, 0.5) is 10.3 Å². The third kappa shape index (κ3) is 3.84. The van der Waals surface area contributed by atoms with Gasteiger partial charge >= 0.3 is 0 Å². The molecule has 0 unspecified atom stereocenters. The average Bonchev–Trinajstić information content (AvgIpc) is 2.65.